The summed E-state index contributed by atoms with van der Waals surface area (Å²) in [6, 6.07) is 13.4. The molecule has 0 spiro atoms. The number of thiophene rings is 1. The average Bonchev–Trinajstić information content (AvgIpc) is 3.23. The molecular formula is C20H18F2N2O3S2. The summed E-state index contributed by atoms with van der Waals surface area (Å²) in [6.07, 6.45) is 0. The van der Waals surface area contributed by atoms with E-state index in [1.807, 2.05) is 0 Å². The van der Waals surface area contributed by atoms with Crippen molar-refractivity contribution >= 4 is 33.0 Å². The van der Waals surface area contributed by atoms with Crippen molar-refractivity contribution in [1.29, 1.82) is 0 Å². The summed E-state index contributed by atoms with van der Waals surface area (Å²) in [5.74, 6) is -1.78. The fourth-order valence-electron chi connectivity index (χ4n) is 2.72. The first-order valence-corrected chi connectivity index (χ1v) is 11.0. The lowest BCUT2D eigenvalue weighted by atomic mass is 10.1. The van der Waals surface area contributed by atoms with Gasteiger partial charge in [0.15, 0.2) is 0 Å². The predicted molar refractivity (Wildman–Crippen MR) is 108 cm³/mol. The number of para-hydroxylation sites is 1. The number of nitrogens with zero attached hydrogens (tertiary/aromatic N) is 1. The van der Waals surface area contributed by atoms with Crippen LogP contribution in [0.2, 0.25) is 0 Å². The van der Waals surface area contributed by atoms with Crippen molar-refractivity contribution in [3.8, 4) is 0 Å². The second-order valence-electron chi connectivity index (χ2n) is 6.24. The summed E-state index contributed by atoms with van der Waals surface area (Å²) >= 11 is 0.979. The molecule has 9 heteroatoms. The Bertz CT molecular complexity index is 1090. The van der Waals surface area contributed by atoms with E-state index in [-0.39, 0.29) is 9.90 Å². The molecule has 1 aromatic heterocycles. The molecule has 0 saturated carbocycles. The van der Waals surface area contributed by atoms with Gasteiger partial charge in [-0.25, -0.2) is 17.2 Å². The van der Waals surface area contributed by atoms with Crippen LogP contribution in [-0.4, -0.2) is 20.9 Å². The molecule has 3 rings (SSSR count). The van der Waals surface area contributed by atoms with Crippen LogP contribution in [0.3, 0.4) is 0 Å². The SMILES string of the molecule is C[C@@H](NC(=O)CN(c1ccccc1F)S(=O)(=O)c1cccs1)c1ccc(F)cc1. The number of benzene rings is 2. The Labute approximate surface area is 171 Å². The highest BCUT2D eigenvalue weighted by atomic mass is 32.2. The number of carbonyl (C=O) groups is 1. The third-order valence-corrected chi connectivity index (χ3v) is 7.33. The van der Waals surface area contributed by atoms with Crippen molar-refractivity contribution in [2.24, 2.45) is 0 Å². The van der Waals surface area contributed by atoms with E-state index in [4.69, 9.17) is 0 Å². The van der Waals surface area contributed by atoms with Crippen molar-refractivity contribution in [3.05, 3.63) is 83.2 Å². The lowest BCUT2D eigenvalue weighted by molar-refractivity contribution is -0.120. The topological polar surface area (TPSA) is 66.5 Å². The standard InChI is InChI=1S/C20H18F2N2O3S2/c1-14(15-8-10-16(21)11-9-15)23-19(25)13-24(18-6-3-2-5-17(18)22)29(26,27)20-7-4-12-28-20/h2-12,14H,13H2,1H3,(H,23,25)/t14-/m1/s1. The molecule has 0 aliphatic rings. The number of halogens is 2. The zero-order valence-corrected chi connectivity index (χ0v) is 17.0. The third kappa shape index (κ3) is 4.80. The van der Waals surface area contributed by atoms with E-state index < -0.39 is 40.2 Å². The maximum absolute atomic E-state index is 14.4. The molecule has 0 aliphatic heterocycles. The van der Waals surface area contributed by atoms with E-state index in [1.165, 1.54) is 48.5 Å². The molecular weight excluding hydrogens is 418 g/mol. The number of hydrogen-bond donors (Lipinski definition) is 1. The van der Waals surface area contributed by atoms with Crippen LogP contribution >= 0.6 is 11.3 Å². The molecule has 152 valence electrons. The van der Waals surface area contributed by atoms with Gasteiger partial charge in [0.25, 0.3) is 10.0 Å². The van der Waals surface area contributed by atoms with Gasteiger partial charge in [0.05, 0.1) is 11.7 Å². The molecule has 5 nitrogen and oxygen atoms in total. The molecule has 0 fully saturated rings. The fourth-order valence-corrected chi connectivity index (χ4v) is 5.26. The molecule has 1 N–H and O–H groups in total. The Morgan fingerprint density at radius 1 is 1.07 bits per heavy atom. The minimum Gasteiger partial charge on any atom is -0.348 e. The quantitative estimate of drug-likeness (QED) is 0.607. The average molecular weight is 437 g/mol. The number of amides is 1. The fraction of sp³-hybridized carbons (Fsp3) is 0.150. The summed E-state index contributed by atoms with van der Waals surface area (Å²) in [4.78, 5) is 12.6. The van der Waals surface area contributed by atoms with Crippen molar-refractivity contribution in [2.75, 3.05) is 10.8 Å². The zero-order valence-electron chi connectivity index (χ0n) is 15.4. The van der Waals surface area contributed by atoms with E-state index in [2.05, 4.69) is 5.32 Å². The number of anilines is 1. The van der Waals surface area contributed by atoms with Crippen molar-refractivity contribution in [1.82, 2.24) is 5.32 Å². The van der Waals surface area contributed by atoms with Gasteiger partial charge in [0.2, 0.25) is 5.91 Å². The number of nitrogens with one attached hydrogen (secondary N) is 1. The summed E-state index contributed by atoms with van der Waals surface area (Å²) < 4.78 is 54.2. The van der Waals surface area contributed by atoms with Crippen LogP contribution in [0.25, 0.3) is 0 Å². The molecule has 0 radical (unpaired) electrons. The van der Waals surface area contributed by atoms with Gasteiger partial charge < -0.3 is 5.32 Å². The maximum Gasteiger partial charge on any atom is 0.274 e. The van der Waals surface area contributed by atoms with E-state index >= 15 is 0 Å². The zero-order chi connectivity index (χ0) is 21.0. The van der Waals surface area contributed by atoms with Gasteiger partial charge in [0.1, 0.15) is 22.4 Å². The van der Waals surface area contributed by atoms with Crippen molar-refractivity contribution < 1.29 is 22.0 Å². The van der Waals surface area contributed by atoms with Crippen LogP contribution in [-0.2, 0) is 14.8 Å². The highest BCUT2D eigenvalue weighted by molar-refractivity contribution is 7.94. The van der Waals surface area contributed by atoms with Gasteiger partial charge >= 0.3 is 0 Å². The van der Waals surface area contributed by atoms with E-state index in [1.54, 1.807) is 18.4 Å². The van der Waals surface area contributed by atoms with Crippen LogP contribution in [0.5, 0.6) is 0 Å². The first-order valence-electron chi connectivity index (χ1n) is 8.64. The molecule has 1 atom stereocenters. The molecule has 2 aromatic carbocycles. The van der Waals surface area contributed by atoms with Crippen LogP contribution in [0.4, 0.5) is 14.5 Å². The molecule has 0 aliphatic carbocycles. The number of rotatable bonds is 7. The predicted octanol–water partition coefficient (Wildman–Crippen LogP) is 4.10. The van der Waals surface area contributed by atoms with Crippen LogP contribution in [0.1, 0.15) is 18.5 Å². The molecule has 1 amide bonds. The highest BCUT2D eigenvalue weighted by Crippen LogP contribution is 2.28. The smallest absolute Gasteiger partial charge is 0.274 e. The Balaban J connectivity index is 1.86. The van der Waals surface area contributed by atoms with Crippen molar-refractivity contribution in [3.63, 3.8) is 0 Å². The van der Waals surface area contributed by atoms with Gasteiger partial charge in [-0.3, -0.25) is 9.10 Å². The van der Waals surface area contributed by atoms with E-state index in [0.29, 0.717) is 5.56 Å². The Morgan fingerprint density at radius 2 is 1.76 bits per heavy atom. The first-order chi connectivity index (χ1) is 13.8. The second kappa shape index (κ2) is 8.71. The molecule has 0 unspecified atom stereocenters. The molecule has 0 bridgehead atoms. The molecule has 3 aromatic rings. The Kier molecular flexibility index (Phi) is 6.29. The number of carbonyl (C=O) groups excluding carboxylic acids is 1. The summed E-state index contributed by atoms with van der Waals surface area (Å²) in [5, 5.41) is 4.25. The lowest BCUT2D eigenvalue weighted by Gasteiger charge is -2.24. The molecule has 1 heterocycles. The Morgan fingerprint density at radius 3 is 2.38 bits per heavy atom. The van der Waals surface area contributed by atoms with Crippen LogP contribution in [0, 0.1) is 11.6 Å². The normalized spacial score (nSPS) is 12.4. The molecule has 0 saturated heterocycles. The van der Waals surface area contributed by atoms with Gasteiger partial charge in [-0.05, 0) is 48.2 Å². The summed E-state index contributed by atoms with van der Waals surface area (Å²) in [6.45, 7) is 1.08. The minimum atomic E-state index is -4.13. The van der Waals surface area contributed by atoms with Gasteiger partial charge in [-0.2, -0.15) is 0 Å². The third-order valence-electron chi connectivity index (χ3n) is 4.20. The van der Waals surface area contributed by atoms with Gasteiger partial charge in [0, 0.05) is 0 Å². The van der Waals surface area contributed by atoms with E-state index in [0.717, 1.165) is 21.7 Å². The highest BCUT2D eigenvalue weighted by Gasteiger charge is 2.30. The number of sulfonamides is 1. The second-order valence-corrected chi connectivity index (χ2v) is 9.27. The van der Waals surface area contributed by atoms with Gasteiger partial charge in [-0.1, -0.05) is 30.3 Å². The lowest BCUT2D eigenvalue weighted by Crippen LogP contribution is -2.41. The van der Waals surface area contributed by atoms with E-state index in [9.17, 15) is 22.0 Å². The Hall–Kier alpha value is -2.78. The minimum absolute atomic E-state index is 0.000126. The first kappa shape index (κ1) is 20.9. The largest absolute Gasteiger partial charge is 0.348 e. The molecule has 29 heavy (non-hydrogen) atoms. The van der Waals surface area contributed by atoms with Gasteiger partial charge in [-0.15, -0.1) is 11.3 Å². The summed E-state index contributed by atoms with van der Waals surface area (Å²) in [5.41, 5.74) is 0.434. The maximum atomic E-state index is 14.4. The van der Waals surface area contributed by atoms with Crippen molar-refractivity contribution in [2.45, 2.75) is 17.2 Å². The summed E-state index contributed by atoms with van der Waals surface area (Å²) in [7, 11) is -4.13. The number of hydrogen-bond acceptors (Lipinski definition) is 4. The van der Waals surface area contributed by atoms with Crippen LogP contribution < -0.4 is 9.62 Å². The van der Waals surface area contributed by atoms with Crippen LogP contribution in [0.15, 0.2) is 70.3 Å². The monoisotopic (exact) mass is 436 g/mol.